The third-order valence-corrected chi connectivity index (χ3v) is 6.29. The highest BCUT2D eigenvalue weighted by Gasteiger charge is 2.27. The molecule has 0 aliphatic heterocycles. The van der Waals surface area contributed by atoms with E-state index in [-0.39, 0.29) is 23.1 Å². The maximum Gasteiger partial charge on any atom is 0.334 e. The summed E-state index contributed by atoms with van der Waals surface area (Å²) in [6.45, 7) is 3.66. The zero-order valence-corrected chi connectivity index (χ0v) is 21.6. The molecule has 0 fully saturated rings. The van der Waals surface area contributed by atoms with Crippen LogP contribution < -0.4 is 22.3 Å². The van der Waals surface area contributed by atoms with E-state index in [1.54, 1.807) is 0 Å². The van der Waals surface area contributed by atoms with Gasteiger partial charge in [0.15, 0.2) is 0 Å². The Balaban J connectivity index is 1.62. The largest absolute Gasteiger partial charge is 0.461 e. The van der Waals surface area contributed by atoms with Crippen LogP contribution in [-0.4, -0.2) is 43.5 Å². The van der Waals surface area contributed by atoms with E-state index in [2.05, 4.69) is 20.3 Å². The van der Waals surface area contributed by atoms with Crippen molar-refractivity contribution >= 4 is 28.5 Å². The Morgan fingerprint density at radius 3 is 2.52 bits per heavy atom. The number of carbonyl (C=O) groups excluding carboxylic acids is 2. The van der Waals surface area contributed by atoms with Crippen LogP contribution in [0.25, 0.3) is 16.7 Å². The molecule has 4 aromatic rings. The Hall–Kier alpha value is -4.94. The Bertz CT molecular complexity index is 1680. The van der Waals surface area contributed by atoms with E-state index in [1.807, 2.05) is 13.8 Å². The van der Waals surface area contributed by atoms with Crippen LogP contribution in [0.15, 0.2) is 58.5 Å². The molecule has 0 aliphatic rings. The summed E-state index contributed by atoms with van der Waals surface area (Å²) in [6.07, 6.45) is 4.61. The predicted molar refractivity (Wildman–Crippen MR) is 142 cm³/mol. The van der Waals surface area contributed by atoms with Crippen molar-refractivity contribution in [2.45, 2.75) is 45.3 Å². The first kappa shape index (κ1) is 28.1. The Kier molecular flexibility index (Phi) is 8.31. The maximum absolute atomic E-state index is 14.4. The van der Waals surface area contributed by atoms with Gasteiger partial charge in [-0.05, 0) is 36.6 Å². The van der Waals surface area contributed by atoms with E-state index in [1.165, 1.54) is 36.8 Å². The number of nitrogen functional groups attached to an aromatic ring is 1. The van der Waals surface area contributed by atoms with E-state index >= 15 is 0 Å². The lowest BCUT2D eigenvalue weighted by Gasteiger charge is -2.21. The molecule has 40 heavy (non-hydrogen) atoms. The summed E-state index contributed by atoms with van der Waals surface area (Å²) in [5.74, 6) is -3.85. The average Bonchev–Trinajstić information content (AvgIpc) is 2.94. The van der Waals surface area contributed by atoms with Gasteiger partial charge in [-0.15, -0.1) is 0 Å². The van der Waals surface area contributed by atoms with E-state index in [4.69, 9.17) is 10.5 Å². The molecular weight excluding hydrogens is 526 g/mol. The van der Waals surface area contributed by atoms with Crippen LogP contribution in [-0.2, 0) is 16.0 Å². The molecule has 1 aromatic carbocycles. The molecule has 0 saturated heterocycles. The van der Waals surface area contributed by atoms with Crippen LogP contribution in [0.2, 0.25) is 0 Å². The molecule has 0 radical (unpaired) electrons. The molecule has 3 heterocycles. The lowest BCUT2D eigenvalue weighted by atomic mass is 10.1. The van der Waals surface area contributed by atoms with Gasteiger partial charge >= 0.3 is 11.7 Å². The lowest BCUT2D eigenvalue weighted by Crippen LogP contribution is -2.44. The highest BCUT2D eigenvalue weighted by Crippen LogP contribution is 2.18. The predicted octanol–water partition coefficient (Wildman–Crippen LogP) is 2.40. The van der Waals surface area contributed by atoms with Crippen LogP contribution in [0.3, 0.4) is 0 Å². The smallest absolute Gasteiger partial charge is 0.334 e. The van der Waals surface area contributed by atoms with Gasteiger partial charge in [0.2, 0.25) is 0 Å². The number of nitrogens with one attached hydrogen (secondary N) is 2. The molecule has 0 aliphatic carbocycles. The number of nitrogens with zero attached hydrogens (tertiary/aromatic N) is 3. The number of amides is 1. The number of anilines is 1. The van der Waals surface area contributed by atoms with Crippen molar-refractivity contribution in [3.63, 3.8) is 0 Å². The molecule has 4 rings (SSSR count). The minimum absolute atomic E-state index is 0.0216. The van der Waals surface area contributed by atoms with Gasteiger partial charge in [-0.2, -0.15) is 0 Å². The first-order valence-corrected chi connectivity index (χ1v) is 12.4. The fourth-order valence-corrected chi connectivity index (χ4v) is 4.05. The summed E-state index contributed by atoms with van der Waals surface area (Å²) in [7, 11) is 0. The van der Waals surface area contributed by atoms with Crippen molar-refractivity contribution in [2.75, 3.05) is 5.73 Å². The number of pyridine rings is 2. The van der Waals surface area contributed by atoms with Crippen LogP contribution >= 0.6 is 0 Å². The number of aromatic amines is 1. The number of esters is 1. The summed E-state index contributed by atoms with van der Waals surface area (Å²) in [5.41, 5.74) is 3.63. The number of halogens is 2. The Morgan fingerprint density at radius 2 is 1.85 bits per heavy atom. The van der Waals surface area contributed by atoms with Crippen molar-refractivity contribution < 1.29 is 23.1 Å². The zero-order chi connectivity index (χ0) is 29.0. The highest BCUT2D eigenvalue weighted by atomic mass is 19.1. The molecule has 13 heteroatoms. The fraction of sp³-hybridized carbons (Fsp3) is 0.259. The number of fused-ring (bicyclic) bond motifs is 1. The topological polar surface area (TPSA) is 162 Å². The number of ether oxygens (including phenoxy) is 1. The third kappa shape index (κ3) is 5.87. The second-order valence-electron chi connectivity index (χ2n) is 8.98. The quantitative estimate of drug-likeness (QED) is 0.211. The average molecular weight is 553 g/mol. The number of rotatable bonds is 9. The van der Waals surface area contributed by atoms with Crippen LogP contribution in [0, 0.1) is 11.6 Å². The van der Waals surface area contributed by atoms with Gasteiger partial charge in [0.1, 0.15) is 29.6 Å². The molecule has 208 valence electrons. The van der Waals surface area contributed by atoms with Crippen LogP contribution in [0.5, 0.6) is 0 Å². The van der Waals surface area contributed by atoms with Gasteiger partial charge in [-0.1, -0.05) is 19.9 Å². The summed E-state index contributed by atoms with van der Waals surface area (Å²) in [5, 5.41) is 2.64. The van der Waals surface area contributed by atoms with Crippen molar-refractivity contribution in [3.8, 4) is 5.82 Å². The van der Waals surface area contributed by atoms with Crippen LogP contribution in [0.1, 0.15) is 42.6 Å². The van der Waals surface area contributed by atoms with Gasteiger partial charge in [-0.3, -0.25) is 14.6 Å². The minimum atomic E-state index is -1.29. The third-order valence-electron chi connectivity index (χ3n) is 6.29. The molecule has 0 saturated carbocycles. The van der Waals surface area contributed by atoms with Gasteiger partial charge < -0.3 is 20.8 Å². The van der Waals surface area contributed by atoms with Gasteiger partial charge in [-0.25, -0.2) is 27.9 Å². The van der Waals surface area contributed by atoms with E-state index in [0.717, 1.165) is 4.57 Å². The fourth-order valence-electron chi connectivity index (χ4n) is 4.05. The maximum atomic E-state index is 14.4. The SMILES string of the molecule is CCC(CC)OC(=O)[C@H](Cc1ccc(-n2c(=O)[nH]c3cnccc3c2=O)nc1)NC(=O)c1cc(F)c(N)cc1F. The Labute approximate surface area is 226 Å². The molecule has 11 nitrogen and oxygen atoms in total. The molecule has 0 bridgehead atoms. The number of H-pyrrole nitrogens is 1. The van der Waals surface area contributed by atoms with Gasteiger partial charge in [0.05, 0.1) is 28.4 Å². The summed E-state index contributed by atoms with van der Waals surface area (Å²) >= 11 is 0. The Morgan fingerprint density at radius 1 is 1.10 bits per heavy atom. The molecular formula is C27H26F2N6O5. The second kappa shape index (κ2) is 11.8. The number of hydrogen-bond acceptors (Lipinski definition) is 8. The second-order valence-corrected chi connectivity index (χ2v) is 8.98. The number of aromatic nitrogens is 4. The van der Waals surface area contributed by atoms with E-state index in [9.17, 15) is 28.0 Å². The van der Waals surface area contributed by atoms with Gasteiger partial charge in [0.25, 0.3) is 11.5 Å². The number of nitrogens with two attached hydrogens (primary N) is 1. The van der Waals surface area contributed by atoms with Crippen molar-refractivity contribution in [3.05, 3.63) is 92.5 Å². The van der Waals surface area contributed by atoms with Crippen molar-refractivity contribution in [1.82, 2.24) is 24.8 Å². The normalized spacial score (nSPS) is 11.9. The minimum Gasteiger partial charge on any atom is -0.461 e. The number of carbonyl (C=O) groups is 2. The zero-order valence-electron chi connectivity index (χ0n) is 21.6. The number of benzene rings is 1. The van der Waals surface area contributed by atoms with Crippen molar-refractivity contribution in [1.29, 1.82) is 0 Å². The molecule has 4 N–H and O–H groups in total. The molecule has 0 spiro atoms. The van der Waals surface area contributed by atoms with Gasteiger partial charge in [0, 0.05) is 24.9 Å². The summed E-state index contributed by atoms with van der Waals surface area (Å²) < 4.78 is 34.6. The molecule has 0 unspecified atom stereocenters. The van der Waals surface area contributed by atoms with E-state index < -0.39 is 58.2 Å². The molecule has 1 atom stereocenters. The van der Waals surface area contributed by atoms with E-state index in [0.29, 0.717) is 30.5 Å². The first-order valence-electron chi connectivity index (χ1n) is 12.4. The highest BCUT2D eigenvalue weighted by molar-refractivity contribution is 5.97. The lowest BCUT2D eigenvalue weighted by molar-refractivity contribution is -0.151. The van der Waals surface area contributed by atoms with Crippen LogP contribution in [0.4, 0.5) is 14.5 Å². The first-order chi connectivity index (χ1) is 19.1. The van der Waals surface area contributed by atoms with Crippen molar-refractivity contribution in [2.24, 2.45) is 0 Å². The summed E-state index contributed by atoms with van der Waals surface area (Å²) in [6, 6.07) is 4.41. The standard InChI is InChI=1S/C27H26F2N6O5/c1-3-15(4-2)40-26(38)21(33-24(36)17-10-19(29)20(30)11-18(17)28)9-14-5-6-23(32-12-14)35-25(37)16-7-8-31-13-22(16)34-27(35)39/h5-8,10-13,15,21H,3-4,9,30H2,1-2H3,(H,33,36)(H,34,39)/t21-/m0/s1. The molecule has 3 aromatic heterocycles. The monoisotopic (exact) mass is 552 g/mol. The number of hydrogen-bond donors (Lipinski definition) is 3. The summed E-state index contributed by atoms with van der Waals surface area (Å²) in [4.78, 5) is 61.9. The molecule has 1 amide bonds.